The first kappa shape index (κ1) is 22.9. The molecule has 0 radical (unpaired) electrons. The van der Waals surface area contributed by atoms with E-state index < -0.39 is 0 Å². The highest BCUT2D eigenvalue weighted by molar-refractivity contribution is 7.18. The summed E-state index contributed by atoms with van der Waals surface area (Å²) in [7, 11) is 1.76. The standard InChI is InChI=1S/C29H35N3O3S/c1-29-8-7-21-20-6-4-19(34-2)15-18(20)3-5-22(21)23(29)16-24-26(29)25-27(36-24)30-17-32(28(25)33)10-9-31-11-13-35-14-12-31/h4,6,15,17,21-23H,3,5,7-14,16H2,1-2H3/t21-,22-,23+,29+/m0/s1. The van der Waals surface area contributed by atoms with E-state index in [2.05, 4.69) is 30.0 Å². The average Bonchev–Trinajstić information content (AvgIpc) is 3.43. The fourth-order valence-corrected chi connectivity index (χ4v) is 9.27. The van der Waals surface area contributed by atoms with Crippen LogP contribution in [0.3, 0.4) is 0 Å². The lowest BCUT2D eigenvalue weighted by atomic mass is 9.55. The molecular weight excluding hydrogens is 470 g/mol. The monoisotopic (exact) mass is 505 g/mol. The number of aryl methyl sites for hydroxylation is 1. The highest BCUT2D eigenvalue weighted by Crippen LogP contribution is 2.62. The van der Waals surface area contributed by atoms with Crippen molar-refractivity contribution in [1.29, 1.82) is 0 Å². The Morgan fingerprint density at radius 1 is 1.22 bits per heavy atom. The largest absolute Gasteiger partial charge is 0.497 e. The predicted molar refractivity (Wildman–Crippen MR) is 142 cm³/mol. The fourth-order valence-electron chi connectivity index (χ4n) is 7.95. The van der Waals surface area contributed by atoms with Crippen molar-refractivity contribution in [3.8, 4) is 5.75 Å². The van der Waals surface area contributed by atoms with E-state index in [0.717, 1.165) is 68.1 Å². The highest BCUT2D eigenvalue weighted by Gasteiger charge is 2.54. The Hall–Kier alpha value is -2.22. The van der Waals surface area contributed by atoms with Crippen LogP contribution in [0.2, 0.25) is 0 Å². The van der Waals surface area contributed by atoms with Crippen LogP contribution in [0.15, 0.2) is 29.3 Å². The quantitative estimate of drug-likeness (QED) is 0.527. The third-order valence-corrected chi connectivity index (χ3v) is 10.9. The van der Waals surface area contributed by atoms with Crippen molar-refractivity contribution in [3.63, 3.8) is 0 Å². The van der Waals surface area contributed by atoms with Crippen LogP contribution < -0.4 is 10.3 Å². The molecule has 0 amide bonds. The maximum absolute atomic E-state index is 13.8. The number of hydrogen-bond acceptors (Lipinski definition) is 6. The molecule has 7 heteroatoms. The van der Waals surface area contributed by atoms with Crippen LogP contribution in [0.4, 0.5) is 0 Å². The van der Waals surface area contributed by atoms with Crippen molar-refractivity contribution >= 4 is 21.6 Å². The summed E-state index contributed by atoms with van der Waals surface area (Å²) in [6.45, 7) is 7.47. The second-order valence-electron chi connectivity index (χ2n) is 11.4. The molecule has 36 heavy (non-hydrogen) atoms. The van der Waals surface area contributed by atoms with E-state index in [1.165, 1.54) is 28.8 Å². The van der Waals surface area contributed by atoms with Crippen molar-refractivity contribution in [3.05, 3.63) is 56.4 Å². The molecule has 2 fully saturated rings. The summed E-state index contributed by atoms with van der Waals surface area (Å²) < 4.78 is 12.8. The molecule has 190 valence electrons. The summed E-state index contributed by atoms with van der Waals surface area (Å²) in [6, 6.07) is 6.72. The Morgan fingerprint density at radius 2 is 2.08 bits per heavy atom. The number of aromatic nitrogens is 2. The number of ether oxygens (including phenoxy) is 2. The first-order chi connectivity index (χ1) is 17.6. The second kappa shape index (κ2) is 8.67. The van der Waals surface area contributed by atoms with E-state index in [1.54, 1.807) is 30.3 Å². The Bertz CT molecular complexity index is 1370. The first-order valence-electron chi connectivity index (χ1n) is 13.5. The fraction of sp³-hybridized carbons (Fsp3) is 0.586. The van der Waals surface area contributed by atoms with Crippen molar-refractivity contribution in [2.75, 3.05) is 40.0 Å². The van der Waals surface area contributed by atoms with Gasteiger partial charge in [0.1, 0.15) is 10.6 Å². The van der Waals surface area contributed by atoms with Gasteiger partial charge in [0.2, 0.25) is 0 Å². The summed E-state index contributed by atoms with van der Waals surface area (Å²) in [5.74, 6) is 2.89. The maximum atomic E-state index is 13.8. The summed E-state index contributed by atoms with van der Waals surface area (Å²) in [5, 5.41) is 0.920. The van der Waals surface area contributed by atoms with Gasteiger partial charge < -0.3 is 9.47 Å². The van der Waals surface area contributed by atoms with Crippen LogP contribution in [0.5, 0.6) is 5.75 Å². The summed E-state index contributed by atoms with van der Waals surface area (Å²) >= 11 is 1.78. The van der Waals surface area contributed by atoms with E-state index in [0.29, 0.717) is 24.3 Å². The van der Waals surface area contributed by atoms with E-state index >= 15 is 0 Å². The zero-order chi connectivity index (χ0) is 24.4. The number of nitrogens with zero attached hydrogens (tertiary/aromatic N) is 3. The van der Waals surface area contributed by atoms with E-state index in [4.69, 9.17) is 14.5 Å². The van der Waals surface area contributed by atoms with E-state index in [-0.39, 0.29) is 11.0 Å². The Kier molecular flexibility index (Phi) is 5.53. The number of thiophene rings is 1. The van der Waals surface area contributed by atoms with Crippen molar-refractivity contribution < 1.29 is 9.47 Å². The molecule has 3 heterocycles. The second-order valence-corrected chi connectivity index (χ2v) is 12.5. The number of rotatable bonds is 4. The van der Waals surface area contributed by atoms with Crippen LogP contribution >= 0.6 is 11.3 Å². The molecule has 7 rings (SSSR count). The molecule has 0 N–H and O–H groups in total. The number of benzene rings is 1. The molecule has 0 spiro atoms. The third kappa shape index (κ3) is 3.42. The number of methoxy groups -OCH3 is 1. The minimum Gasteiger partial charge on any atom is -0.497 e. The van der Waals surface area contributed by atoms with Crippen LogP contribution in [0.1, 0.15) is 53.7 Å². The Morgan fingerprint density at radius 3 is 2.92 bits per heavy atom. The molecule has 6 nitrogen and oxygen atoms in total. The molecule has 1 aliphatic heterocycles. The topological polar surface area (TPSA) is 56.6 Å². The van der Waals surface area contributed by atoms with Gasteiger partial charge in [-0.25, -0.2) is 4.98 Å². The maximum Gasteiger partial charge on any atom is 0.262 e. The van der Waals surface area contributed by atoms with Crippen LogP contribution in [0, 0.1) is 11.8 Å². The molecule has 1 saturated heterocycles. The first-order valence-corrected chi connectivity index (χ1v) is 14.4. The van der Waals surface area contributed by atoms with Gasteiger partial charge in [-0.2, -0.15) is 0 Å². The minimum absolute atomic E-state index is 0.0724. The molecule has 3 aliphatic carbocycles. The van der Waals surface area contributed by atoms with E-state index in [1.807, 2.05) is 4.57 Å². The van der Waals surface area contributed by atoms with Gasteiger partial charge in [-0.05, 0) is 84.1 Å². The molecule has 2 aromatic heterocycles. The SMILES string of the molecule is COc1ccc2c(c1)CC[C@@H]1[C@H]3Cc4sc5ncn(CCN6CCOCC6)c(=O)c5c4[C@]3(C)CC[C@@H]21. The lowest BCUT2D eigenvalue weighted by molar-refractivity contribution is 0.0362. The molecule has 0 unspecified atom stereocenters. The smallest absolute Gasteiger partial charge is 0.262 e. The van der Waals surface area contributed by atoms with Crippen LogP contribution in [-0.4, -0.2) is 54.4 Å². The normalized spacial score (nSPS) is 29.4. The molecule has 0 bridgehead atoms. The summed E-state index contributed by atoms with van der Waals surface area (Å²) in [6.07, 6.45) is 7.58. The predicted octanol–water partition coefficient (Wildman–Crippen LogP) is 4.37. The van der Waals surface area contributed by atoms with Gasteiger partial charge in [0, 0.05) is 31.1 Å². The molecule has 1 saturated carbocycles. The van der Waals surface area contributed by atoms with Crippen LogP contribution in [-0.2, 0) is 29.5 Å². The van der Waals surface area contributed by atoms with Gasteiger partial charge in [-0.1, -0.05) is 13.0 Å². The minimum atomic E-state index is 0.0724. The van der Waals surface area contributed by atoms with Gasteiger partial charge in [0.25, 0.3) is 5.56 Å². The average molecular weight is 506 g/mol. The molecule has 4 aliphatic rings. The van der Waals surface area contributed by atoms with Gasteiger partial charge in [-0.3, -0.25) is 14.3 Å². The molecular formula is C29H35N3O3S. The molecule has 1 aromatic carbocycles. The van der Waals surface area contributed by atoms with Gasteiger partial charge >= 0.3 is 0 Å². The third-order valence-electron chi connectivity index (χ3n) is 9.81. The summed E-state index contributed by atoms with van der Waals surface area (Å²) in [4.78, 5) is 23.4. The zero-order valence-corrected chi connectivity index (χ0v) is 22.1. The van der Waals surface area contributed by atoms with Gasteiger partial charge in [-0.15, -0.1) is 11.3 Å². The van der Waals surface area contributed by atoms with Crippen molar-refractivity contribution in [2.45, 2.75) is 56.9 Å². The number of morpholine rings is 1. The number of hydrogen-bond donors (Lipinski definition) is 0. The molecule has 4 atom stereocenters. The lowest BCUT2D eigenvalue weighted by Gasteiger charge is -2.49. The van der Waals surface area contributed by atoms with Gasteiger partial charge in [0.15, 0.2) is 0 Å². The zero-order valence-electron chi connectivity index (χ0n) is 21.3. The van der Waals surface area contributed by atoms with E-state index in [9.17, 15) is 4.79 Å². The molecule has 3 aromatic rings. The number of fused-ring (bicyclic) bond motifs is 9. The van der Waals surface area contributed by atoms with Crippen LogP contribution in [0.25, 0.3) is 10.2 Å². The Balaban J connectivity index is 1.21. The van der Waals surface area contributed by atoms with Crippen molar-refractivity contribution in [2.24, 2.45) is 11.8 Å². The lowest BCUT2D eigenvalue weighted by Crippen LogP contribution is -2.43. The van der Waals surface area contributed by atoms with Gasteiger partial charge in [0.05, 0.1) is 32.0 Å². The van der Waals surface area contributed by atoms with Crippen molar-refractivity contribution in [1.82, 2.24) is 14.5 Å². The summed E-state index contributed by atoms with van der Waals surface area (Å²) in [5.41, 5.74) is 4.61. The Labute approximate surface area is 216 Å². The highest BCUT2D eigenvalue weighted by atomic mass is 32.1.